The van der Waals surface area contributed by atoms with E-state index in [1.54, 1.807) is 11.6 Å². The molecule has 1 saturated heterocycles. The Morgan fingerprint density at radius 2 is 2.23 bits per heavy atom. The third kappa shape index (κ3) is 3.05. The van der Waals surface area contributed by atoms with E-state index in [2.05, 4.69) is 22.1 Å². The lowest BCUT2D eigenvalue weighted by Gasteiger charge is -2.32. The normalized spacial score (nSPS) is 17.0. The number of carbonyl (C=O) groups is 1. The van der Waals surface area contributed by atoms with Gasteiger partial charge in [0.15, 0.2) is 4.96 Å². The van der Waals surface area contributed by atoms with Crippen molar-refractivity contribution in [1.29, 1.82) is 0 Å². The molecule has 22 heavy (non-hydrogen) atoms. The molecular formula is C15H20N4O2S. The Morgan fingerprint density at radius 3 is 2.95 bits per heavy atom. The van der Waals surface area contributed by atoms with Gasteiger partial charge in [-0.1, -0.05) is 6.92 Å². The van der Waals surface area contributed by atoms with Crippen LogP contribution in [0.1, 0.15) is 36.5 Å². The number of nitrogens with zero attached hydrogens (tertiary/aromatic N) is 3. The van der Waals surface area contributed by atoms with E-state index in [9.17, 15) is 9.59 Å². The molecule has 0 spiro atoms. The molecule has 3 rings (SSSR count). The van der Waals surface area contributed by atoms with Crippen molar-refractivity contribution in [2.24, 2.45) is 0 Å². The van der Waals surface area contributed by atoms with Crippen LogP contribution in [0.3, 0.4) is 0 Å². The second-order valence-corrected chi connectivity index (χ2v) is 6.50. The molecular weight excluding hydrogens is 300 g/mol. The molecule has 118 valence electrons. The molecule has 3 heterocycles. The van der Waals surface area contributed by atoms with E-state index in [0.717, 1.165) is 38.9 Å². The van der Waals surface area contributed by atoms with Crippen molar-refractivity contribution in [1.82, 2.24) is 19.6 Å². The zero-order chi connectivity index (χ0) is 15.5. The lowest BCUT2D eigenvalue weighted by atomic mass is 10.0. The van der Waals surface area contributed by atoms with E-state index in [1.165, 1.54) is 21.9 Å². The summed E-state index contributed by atoms with van der Waals surface area (Å²) in [7, 11) is 0. The van der Waals surface area contributed by atoms with E-state index in [1.807, 2.05) is 0 Å². The topological polar surface area (TPSA) is 66.7 Å². The van der Waals surface area contributed by atoms with Gasteiger partial charge in [0.05, 0.1) is 0 Å². The van der Waals surface area contributed by atoms with E-state index in [-0.39, 0.29) is 23.1 Å². The fourth-order valence-electron chi connectivity index (χ4n) is 2.86. The minimum atomic E-state index is -0.313. The Bertz CT molecular complexity index is 716. The van der Waals surface area contributed by atoms with Gasteiger partial charge in [0.2, 0.25) is 0 Å². The van der Waals surface area contributed by atoms with E-state index in [4.69, 9.17) is 0 Å². The average Bonchev–Trinajstić information content (AvgIpc) is 2.99. The van der Waals surface area contributed by atoms with E-state index >= 15 is 0 Å². The maximum atomic E-state index is 12.3. The highest BCUT2D eigenvalue weighted by atomic mass is 32.1. The fourth-order valence-corrected chi connectivity index (χ4v) is 3.54. The van der Waals surface area contributed by atoms with Gasteiger partial charge in [0, 0.05) is 36.9 Å². The standard InChI is InChI=1S/C15H20N4O2S/c1-2-5-18-6-3-11(4-7-18)17-13(20)12-10-16-15-19(14(12)21)8-9-22-15/h8-11H,2-7H2,1H3,(H,17,20). The van der Waals surface area contributed by atoms with Gasteiger partial charge in [-0.15, -0.1) is 11.3 Å². The number of fused-ring (bicyclic) bond motifs is 1. The van der Waals surface area contributed by atoms with Crippen LogP contribution in [0, 0.1) is 0 Å². The second kappa shape index (κ2) is 6.58. The summed E-state index contributed by atoms with van der Waals surface area (Å²) in [6, 6.07) is 0.142. The van der Waals surface area contributed by atoms with E-state index < -0.39 is 0 Å². The van der Waals surface area contributed by atoms with Gasteiger partial charge >= 0.3 is 0 Å². The Kier molecular flexibility index (Phi) is 4.54. The third-order valence-electron chi connectivity index (χ3n) is 4.05. The first-order valence-electron chi connectivity index (χ1n) is 7.67. The van der Waals surface area contributed by atoms with Gasteiger partial charge in [-0.05, 0) is 25.8 Å². The molecule has 0 radical (unpaired) electrons. The van der Waals surface area contributed by atoms with Crippen LogP contribution in [0.5, 0.6) is 0 Å². The van der Waals surface area contributed by atoms with Crippen molar-refractivity contribution in [3.63, 3.8) is 0 Å². The van der Waals surface area contributed by atoms with Gasteiger partial charge < -0.3 is 10.2 Å². The molecule has 7 heteroatoms. The highest BCUT2D eigenvalue weighted by Crippen LogP contribution is 2.11. The Balaban J connectivity index is 1.67. The molecule has 6 nitrogen and oxygen atoms in total. The maximum absolute atomic E-state index is 12.3. The number of amides is 1. The minimum Gasteiger partial charge on any atom is -0.349 e. The number of thiazole rings is 1. The summed E-state index contributed by atoms with van der Waals surface area (Å²) >= 11 is 1.38. The summed E-state index contributed by atoms with van der Waals surface area (Å²) in [6.45, 7) is 5.29. The first-order chi connectivity index (χ1) is 10.7. The van der Waals surface area contributed by atoms with Crippen LogP contribution in [0.2, 0.25) is 0 Å². The van der Waals surface area contributed by atoms with Crippen molar-refractivity contribution in [2.75, 3.05) is 19.6 Å². The van der Waals surface area contributed by atoms with Crippen molar-refractivity contribution in [3.05, 3.63) is 33.7 Å². The predicted molar refractivity (Wildman–Crippen MR) is 86.6 cm³/mol. The zero-order valence-corrected chi connectivity index (χ0v) is 13.4. The van der Waals surface area contributed by atoms with Gasteiger partial charge in [-0.2, -0.15) is 0 Å². The SMILES string of the molecule is CCCN1CCC(NC(=O)c2cnc3sccn3c2=O)CC1. The number of likely N-dealkylation sites (tertiary alicyclic amines) is 1. The smallest absolute Gasteiger partial charge is 0.271 e. The lowest BCUT2D eigenvalue weighted by Crippen LogP contribution is -2.45. The van der Waals surface area contributed by atoms with Crippen LogP contribution < -0.4 is 10.9 Å². The molecule has 2 aromatic rings. The highest BCUT2D eigenvalue weighted by Gasteiger charge is 2.22. The quantitative estimate of drug-likeness (QED) is 0.924. The fraction of sp³-hybridized carbons (Fsp3) is 0.533. The molecule has 0 bridgehead atoms. The van der Waals surface area contributed by atoms with Gasteiger partial charge in [-0.3, -0.25) is 14.0 Å². The molecule has 0 unspecified atom stereocenters. The van der Waals surface area contributed by atoms with Crippen molar-refractivity contribution >= 4 is 22.2 Å². The van der Waals surface area contributed by atoms with Crippen molar-refractivity contribution < 1.29 is 4.79 Å². The molecule has 0 atom stereocenters. The number of carbonyl (C=O) groups excluding carboxylic acids is 1. The summed E-state index contributed by atoms with van der Waals surface area (Å²) in [4.78, 5) is 31.8. The predicted octanol–water partition coefficient (Wildman–Crippen LogP) is 1.36. The molecule has 1 N–H and O–H groups in total. The lowest BCUT2D eigenvalue weighted by molar-refractivity contribution is 0.0909. The third-order valence-corrected chi connectivity index (χ3v) is 4.82. The molecule has 0 saturated carbocycles. The van der Waals surface area contributed by atoms with Gasteiger partial charge in [0.25, 0.3) is 11.5 Å². The van der Waals surface area contributed by atoms with Crippen LogP contribution >= 0.6 is 11.3 Å². The summed E-state index contributed by atoms with van der Waals surface area (Å²) in [5.41, 5.74) is -0.181. The Labute approximate surface area is 132 Å². The number of rotatable bonds is 4. The largest absolute Gasteiger partial charge is 0.349 e. The minimum absolute atomic E-state index is 0.117. The molecule has 0 aliphatic carbocycles. The Morgan fingerprint density at radius 1 is 1.45 bits per heavy atom. The summed E-state index contributed by atoms with van der Waals surface area (Å²) < 4.78 is 1.42. The van der Waals surface area contributed by atoms with E-state index in [0.29, 0.717) is 4.96 Å². The first kappa shape index (κ1) is 15.2. The van der Waals surface area contributed by atoms with Crippen molar-refractivity contribution in [2.45, 2.75) is 32.2 Å². The first-order valence-corrected chi connectivity index (χ1v) is 8.55. The molecule has 2 aromatic heterocycles. The van der Waals surface area contributed by atoms with Crippen LogP contribution in [-0.2, 0) is 0 Å². The second-order valence-electron chi connectivity index (χ2n) is 5.62. The number of nitrogens with one attached hydrogen (secondary N) is 1. The molecule has 1 fully saturated rings. The summed E-state index contributed by atoms with van der Waals surface area (Å²) in [6.07, 6.45) is 6.05. The van der Waals surface area contributed by atoms with Crippen LogP contribution in [0.25, 0.3) is 4.96 Å². The van der Waals surface area contributed by atoms with Gasteiger partial charge in [-0.25, -0.2) is 4.98 Å². The van der Waals surface area contributed by atoms with Crippen LogP contribution in [-0.4, -0.2) is 45.9 Å². The monoisotopic (exact) mass is 320 g/mol. The average molecular weight is 320 g/mol. The maximum Gasteiger partial charge on any atom is 0.271 e. The van der Waals surface area contributed by atoms with Gasteiger partial charge in [0.1, 0.15) is 5.56 Å². The number of piperidine rings is 1. The molecule has 1 amide bonds. The molecule has 0 aromatic carbocycles. The molecule has 1 aliphatic heterocycles. The Hall–Kier alpha value is -1.73. The summed E-state index contributed by atoms with van der Waals surface area (Å²) in [5, 5.41) is 4.77. The highest BCUT2D eigenvalue weighted by molar-refractivity contribution is 7.15. The number of aromatic nitrogens is 2. The number of hydrogen-bond donors (Lipinski definition) is 1. The zero-order valence-electron chi connectivity index (χ0n) is 12.6. The number of hydrogen-bond acceptors (Lipinski definition) is 5. The van der Waals surface area contributed by atoms with Crippen molar-refractivity contribution in [3.8, 4) is 0 Å². The van der Waals surface area contributed by atoms with Crippen LogP contribution in [0.4, 0.5) is 0 Å². The molecule has 1 aliphatic rings. The summed E-state index contributed by atoms with van der Waals surface area (Å²) in [5.74, 6) is -0.313. The van der Waals surface area contributed by atoms with Crippen LogP contribution in [0.15, 0.2) is 22.6 Å².